The molecule has 0 unspecified atom stereocenters. The molecule has 1 fully saturated rings. The lowest BCUT2D eigenvalue weighted by Gasteiger charge is -2.28. The third-order valence-corrected chi connectivity index (χ3v) is 2.22. The second-order valence-corrected chi connectivity index (χ2v) is 3.22. The first-order chi connectivity index (χ1) is 6.76. The van der Waals surface area contributed by atoms with E-state index in [0.29, 0.717) is 19.7 Å². The summed E-state index contributed by atoms with van der Waals surface area (Å²) in [7, 11) is 0. The van der Waals surface area contributed by atoms with Crippen LogP contribution in [-0.4, -0.2) is 43.1 Å². The number of hydrogen-bond donors (Lipinski definition) is 1. The number of ether oxygens (including phenoxy) is 1. The van der Waals surface area contributed by atoms with Crippen LogP contribution < -0.4 is 5.32 Å². The van der Waals surface area contributed by atoms with Gasteiger partial charge in [-0.1, -0.05) is 0 Å². The molecule has 1 N–H and O–H groups in total. The largest absolute Gasteiger partial charge is 0.450 e. The van der Waals surface area contributed by atoms with Gasteiger partial charge in [-0.05, 0) is 19.8 Å². The molecule has 1 rings (SSSR count). The van der Waals surface area contributed by atoms with Crippen molar-refractivity contribution < 1.29 is 14.3 Å². The molecule has 0 saturated carbocycles. The monoisotopic (exact) mass is 199 g/mol. The lowest BCUT2D eigenvalue weighted by atomic mass is 10.1. The number of nitrogens with one attached hydrogen (secondary N) is 1. The van der Waals surface area contributed by atoms with Gasteiger partial charge in [-0.25, -0.2) is 4.79 Å². The Kier molecular flexibility index (Phi) is 4.22. The molecule has 5 nitrogen and oxygen atoms in total. The minimum Gasteiger partial charge on any atom is -0.450 e. The van der Waals surface area contributed by atoms with Crippen LogP contribution >= 0.6 is 0 Å². The second kappa shape index (κ2) is 5.47. The van der Waals surface area contributed by atoms with Crippen LogP contribution in [0.25, 0.3) is 0 Å². The number of likely N-dealkylation sites (tertiary alicyclic amines) is 1. The van der Waals surface area contributed by atoms with Gasteiger partial charge in [-0.2, -0.15) is 0 Å². The number of nitrogens with zero attached hydrogens (tertiary/aromatic N) is 1. The number of rotatable bonds is 3. The first kappa shape index (κ1) is 10.8. The van der Waals surface area contributed by atoms with Crippen molar-refractivity contribution in [3.8, 4) is 0 Å². The molecule has 1 aliphatic rings. The van der Waals surface area contributed by atoms with Crippen molar-refractivity contribution >= 4 is 12.5 Å². The molecule has 0 atom stereocenters. The third-order valence-electron chi connectivity index (χ3n) is 2.22. The minimum absolute atomic E-state index is 0.124. The SMILES string of the molecule is CCOC(=O)NC1CCN([C]=O)CC1. The third kappa shape index (κ3) is 3.24. The smallest absolute Gasteiger partial charge is 0.407 e. The highest BCUT2D eigenvalue weighted by Crippen LogP contribution is 2.08. The van der Waals surface area contributed by atoms with E-state index in [4.69, 9.17) is 4.74 Å². The number of alkyl carbamates (subject to hydrolysis) is 1. The average Bonchev–Trinajstić information content (AvgIpc) is 2.19. The molecule has 14 heavy (non-hydrogen) atoms. The van der Waals surface area contributed by atoms with Gasteiger partial charge in [0, 0.05) is 19.1 Å². The Labute approximate surface area is 83.4 Å². The Morgan fingerprint density at radius 1 is 1.57 bits per heavy atom. The molecular formula is C9H15N2O3. The second-order valence-electron chi connectivity index (χ2n) is 3.22. The lowest BCUT2D eigenvalue weighted by molar-refractivity contribution is 0.143. The summed E-state index contributed by atoms with van der Waals surface area (Å²) >= 11 is 0. The summed E-state index contributed by atoms with van der Waals surface area (Å²) in [6.45, 7) is 3.46. The number of piperidine rings is 1. The molecule has 79 valence electrons. The van der Waals surface area contributed by atoms with Crippen molar-refractivity contribution in [2.24, 2.45) is 0 Å². The van der Waals surface area contributed by atoms with E-state index in [2.05, 4.69) is 5.32 Å². The van der Waals surface area contributed by atoms with E-state index in [-0.39, 0.29) is 12.1 Å². The molecule has 1 aliphatic heterocycles. The Bertz CT molecular complexity index is 200. The van der Waals surface area contributed by atoms with Gasteiger partial charge >= 0.3 is 12.5 Å². The number of hydrogen-bond acceptors (Lipinski definition) is 3. The Hall–Kier alpha value is -1.26. The van der Waals surface area contributed by atoms with Gasteiger partial charge in [0.2, 0.25) is 0 Å². The summed E-state index contributed by atoms with van der Waals surface area (Å²) in [6.07, 6.45) is 3.01. The maximum Gasteiger partial charge on any atom is 0.407 e. The molecule has 0 aromatic carbocycles. The van der Waals surface area contributed by atoms with Gasteiger partial charge in [0.15, 0.2) is 0 Å². The zero-order chi connectivity index (χ0) is 10.4. The maximum atomic E-state index is 11.0. The summed E-state index contributed by atoms with van der Waals surface area (Å²) in [4.78, 5) is 22.9. The molecule has 0 aliphatic carbocycles. The first-order valence-electron chi connectivity index (χ1n) is 4.82. The van der Waals surface area contributed by atoms with Gasteiger partial charge in [0.1, 0.15) is 0 Å². The summed E-state index contributed by atoms with van der Waals surface area (Å²) in [5, 5.41) is 2.75. The van der Waals surface area contributed by atoms with E-state index in [1.807, 2.05) is 6.41 Å². The summed E-state index contributed by atoms with van der Waals surface area (Å²) < 4.78 is 4.76. The Morgan fingerprint density at radius 3 is 2.71 bits per heavy atom. The highest BCUT2D eigenvalue weighted by Gasteiger charge is 2.20. The van der Waals surface area contributed by atoms with Crippen LogP contribution in [0.3, 0.4) is 0 Å². The predicted molar refractivity (Wildman–Crippen MR) is 50.4 cm³/mol. The fourth-order valence-corrected chi connectivity index (χ4v) is 1.45. The zero-order valence-corrected chi connectivity index (χ0v) is 8.28. The van der Waals surface area contributed by atoms with Crippen molar-refractivity contribution in [3.05, 3.63) is 0 Å². The molecule has 0 aromatic heterocycles. The average molecular weight is 199 g/mol. The van der Waals surface area contributed by atoms with Gasteiger partial charge in [-0.3, -0.25) is 4.79 Å². The fraction of sp³-hybridized carbons (Fsp3) is 0.778. The van der Waals surface area contributed by atoms with Crippen molar-refractivity contribution in [1.82, 2.24) is 10.2 Å². The molecular weight excluding hydrogens is 184 g/mol. The van der Waals surface area contributed by atoms with Crippen molar-refractivity contribution in [2.75, 3.05) is 19.7 Å². The van der Waals surface area contributed by atoms with Crippen LogP contribution in [0.2, 0.25) is 0 Å². The van der Waals surface area contributed by atoms with Gasteiger partial charge in [0.25, 0.3) is 0 Å². The van der Waals surface area contributed by atoms with Crippen molar-refractivity contribution in [2.45, 2.75) is 25.8 Å². The van der Waals surface area contributed by atoms with E-state index < -0.39 is 0 Å². The highest BCUT2D eigenvalue weighted by molar-refractivity contribution is 5.67. The summed E-state index contributed by atoms with van der Waals surface area (Å²) in [5.74, 6) is 0. The normalized spacial score (nSPS) is 17.6. The Morgan fingerprint density at radius 2 is 2.21 bits per heavy atom. The van der Waals surface area contributed by atoms with Crippen molar-refractivity contribution in [1.29, 1.82) is 0 Å². The summed E-state index contributed by atoms with van der Waals surface area (Å²) in [5.41, 5.74) is 0. The van der Waals surface area contributed by atoms with Gasteiger partial charge in [-0.15, -0.1) is 0 Å². The van der Waals surface area contributed by atoms with Crippen LogP contribution in [0.1, 0.15) is 19.8 Å². The zero-order valence-electron chi connectivity index (χ0n) is 8.28. The standard InChI is InChI=1S/C9H15N2O3/c1-2-14-9(13)10-8-3-5-11(7-12)6-4-8/h8H,2-6H2,1H3,(H,10,13). The van der Waals surface area contributed by atoms with Crippen LogP contribution in [0, 0.1) is 0 Å². The topological polar surface area (TPSA) is 58.6 Å². The summed E-state index contributed by atoms with van der Waals surface area (Å²) in [6, 6.07) is 0.124. The number of amides is 2. The quantitative estimate of drug-likeness (QED) is 0.709. The van der Waals surface area contributed by atoms with Gasteiger partial charge < -0.3 is 15.0 Å². The molecule has 0 aromatic rings. The number of carbonyl (C=O) groups excluding carboxylic acids is 2. The van der Waals surface area contributed by atoms with Crippen LogP contribution in [0.4, 0.5) is 4.79 Å². The fourth-order valence-electron chi connectivity index (χ4n) is 1.45. The lowest BCUT2D eigenvalue weighted by Crippen LogP contribution is -2.44. The Balaban J connectivity index is 2.21. The molecule has 1 radical (unpaired) electrons. The molecule has 5 heteroatoms. The van der Waals surface area contributed by atoms with E-state index in [9.17, 15) is 9.59 Å². The minimum atomic E-state index is -0.374. The first-order valence-corrected chi connectivity index (χ1v) is 4.82. The van der Waals surface area contributed by atoms with Crippen LogP contribution in [0.15, 0.2) is 0 Å². The van der Waals surface area contributed by atoms with Crippen LogP contribution in [-0.2, 0) is 9.53 Å². The molecule has 1 heterocycles. The van der Waals surface area contributed by atoms with E-state index >= 15 is 0 Å². The van der Waals surface area contributed by atoms with E-state index in [1.165, 1.54) is 0 Å². The molecule has 2 amide bonds. The van der Waals surface area contributed by atoms with E-state index in [1.54, 1.807) is 11.8 Å². The maximum absolute atomic E-state index is 11.0. The molecule has 0 bridgehead atoms. The highest BCUT2D eigenvalue weighted by atomic mass is 16.5. The van der Waals surface area contributed by atoms with Gasteiger partial charge in [0.05, 0.1) is 6.61 Å². The number of carbonyl (C=O) groups is 1. The molecule has 1 saturated heterocycles. The molecule has 0 spiro atoms. The predicted octanol–water partition coefficient (Wildman–Crippen LogP) is 0.264. The van der Waals surface area contributed by atoms with E-state index in [0.717, 1.165) is 12.8 Å². The van der Waals surface area contributed by atoms with Crippen molar-refractivity contribution in [3.63, 3.8) is 0 Å². The van der Waals surface area contributed by atoms with Crippen LogP contribution in [0.5, 0.6) is 0 Å².